The summed E-state index contributed by atoms with van der Waals surface area (Å²) in [4.78, 5) is 0. The van der Waals surface area contributed by atoms with Crippen molar-refractivity contribution in [3.05, 3.63) is 24.4 Å². The zero-order chi connectivity index (χ0) is 12.3. The van der Waals surface area contributed by atoms with Gasteiger partial charge in [0, 0.05) is 6.20 Å². The number of halogens is 1. The van der Waals surface area contributed by atoms with E-state index < -0.39 is 0 Å². The Labute approximate surface area is 112 Å². The Balaban J connectivity index is 0.00000162. The van der Waals surface area contributed by atoms with Crippen molar-refractivity contribution in [2.24, 2.45) is 0 Å². The van der Waals surface area contributed by atoms with E-state index in [9.17, 15) is 0 Å². The van der Waals surface area contributed by atoms with E-state index >= 15 is 0 Å². The first-order chi connectivity index (χ1) is 8.18. The number of aromatic nitrogens is 2. The van der Waals surface area contributed by atoms with Gasteiger partial charge in [0.1, 0.15) is 12.3 Å². The highest BCUT2D eigenvalue weighted by Gasteiger charge is 2.09. The zero-order valence-electron chi connectivity index (χ0n) is 10.5. The minimum absolute atomic E-state index is 0. The van der Waals surface area contributed by atoms with Crippen molar-refractivity contribution in [3.63, 3.8) is 0 Å². The molecule has 2 aromatic rings. The van der Waals surface area contributed by atoms with E-state index in [4.69, 9.17) is 15.2 Å². The molecule has 0 saturated carbocycles. The van der Waals surface area contributed by atoms with Crippen LogP contribution in [0.25, 0.3) is 5.52 Å². The first-order valence-electron chi connectivity index (χ1n) is 5.65. The molecule has 2 aromatic heterocycles. The van der Waals surface area contributed by atoms with Crippen LogP contribution in [0.3, 0.4) is 0 Å². The molecule has 0 amide bonds. The topological polar surface area (TPSA) is 61.8 Å². The van der Waals surface area contributed by atoms with Crippen LogP contribution >= 0.6 is 12.4 Å². The van der Waals surface area contributed by atoms with E-state index in [1.165, 1.54) is 0 Å². The Kier molecular flexibility index (Phi) is 5.25. The van der Waals surface area contributed by atoms with Gasteiger partial charge in [-0.25, -0.2) is 4.52 Å². The summed E-state index contributed by atoms with van der Waals surface area (Å²) in [6.07, 6.45) is 2.04. The molecule has 2 heterocycles. The third kappa shape index (κ3) is 3.27. The molecular weight excluding hydrogens is 254 g/mol. The molecule has 0 bridgehead atoms. The molecule has 0 atom stereocenters. The largest absolute Gasteiger partial charge is 0.473 e. The van der Waals surface area contributed by atoms with E-state index in [0.717, 1.165) is 5.52 Å². The van der Waals surface area contributed by atoms with Gasteiger partial charge in [-0.1, -0.05) is 6.07 Å². The molecule has 2 N–H and O–H groups in total. The van der Waals surface area contributed by atoms with Crippen molar-refractivity contribution in [2.75, 3.05) is 18.9 Å². The van der Waals surface area contributed by atoms with Crippen molar-refractivity contribution >= 4 is 23.6 Å². The molecule has 100 valence electrons. The molecule has 6 heteroatoms. The quantitative estimate of drug-likeness (QED) is 0.847. The average Bonchev–Trinajstić information content (AvgIpc) is 2.63. The van der Waals surface area contributed by atoms with E-state index in [1.54, 1.807) is 4.52 Å². The lowest BCUT2D eigenvalue weighted by atomic mass is 10.4. The van der Waals surface area contributed by atoms with Gasteiger partial charge in [0.05, 0.1) is 18.2 Å². The van der Waals surface area contributed by atoms with Crippen LogP contribution in [0.4, 0.5) is 5.69 Å². The Bertz CT molecular complexity index is 499. The molecule has 0 spiro atoms. The van der Waals surface area contributed by atoms with Crippen molar-refractivity contribution in [3.8, 4) is 5.88 Å². The second kappa shape index (κ2) is 6.47. The van der Waals surface area contributed by atoms with E-state index in [0.29, 0.717) is 24.8 Å². The van der Waals surface area contributed by atoms with Gasteiger partial charge < -0.3 is 15.2 Å². The molecule has 0 aliphatic rings. The number of nitrogen functional groups attached to an aromatic ring is 1. The summed E-state index contributed by atoms with van der Waals surface area (Å²) in [5.41, 5.74) is 7.35. The van der Waals surface area contributed by atoms with Crippen LogP contribution in [0.5, 0.6) is 5.88 Å². The molecule has 2 rings (SSSR count). The monoisotopic (exact) mass is 271 g/mol. The number of nitrogens with zero attached hydrogens (tertiary/aromatic N) is 2. The molecular formula is C12H18ClN3O2. The Hall–Kier alpha value is -1.46. The summed E-state index contributed by atoms with van der Waals surface area (Å²) in [5, 5.41) is 4.24. The van der Waals surface area contributed by atoms with Crippen LogP contribution in [0.1, 0.15) is 13.8 Å². The van der Waals surface area contributed by atoms with Gasteiger partial charge in [-0.15, -0.1) is 17.5 Å². The smallest absolute Gasteiger partial charge is 0.257 e. The number of ether oxygens (including phenoxy) is 2. The van der Waals surface area contributed by atoms with Gasteiger partial charge in [-0.2, -0.15) is 0 Å². The van der Waals surface area contributed by atoms with E-state index in [1.807, 2.05) is 38.2 Å². The number of pyridine rings is 1. The van der Waals surface area contributed by atoms with E-state index in [2.05, 4.69) is 5.10 Å². The van der Waals surface area contributed by atoms with E-state index in [-0.39, 0.29) is 18.5 Å². The standard InChI is InChI=1S/C12H17N3O2.ClH/c1-9(2)16-7-8-17-12-11(13)10-5-3-4-6-15(10)14-12;/h3-6,9H,7-8,13H2,1-2H3;1H. The summed E-state index contributed by atoms with van der Waals surface area (Å²) in [6, 6.07) is 5.71. The number of anilines is 1. The number of rotatable bonds is 5. The van der Waals surface area contributed by atoms with Gasteiger partial charge in [-0.3, -0.25) is 0 Å². The molecule has 5 nitrogen and oxygen atoms in total. The summed E-state index contributed by atoms with van der Waals surface area (Å²) < 4.78 is 12.6. The lowest BCUT2D eigenvalue weighted by Crippen LogP contribution is -2.11. The summed E-state index contributed by atoms with van der Waals surface area (Å²) in [6.45, 7) is 4.95. The average molecular weight is 272 g/mol. The molecule has 0 fully saturated rings. The first kappa shape index (κ1) is 14.6. The Morgan fingerprint density at radius 3 is 2.78 bits per heavy atom. The summed E-state index contributed by atoms with van der Waals surface area (Å²) in [5.74, 6) is 0.462. The molecule has 18 heavy (non-hydrogen) atoms. The van der Waals surface area contributed by atoms with Gasteiger partial charge in [0.2, 0.25) is 0 Å². The lowest BCUT2D eigenvalue weighted by Gasteiger charge is -2.07. The fraction of sp³-hybridized carbons (Fsp3) is 0.417. The highest BCUT2D eigenvalue weighted by atomic mass is 35.5. The Morgan fingerprint density at radius 1 is 1.33 bits per heavy atom. The SMILES string of the molecule is CC(C)OCCOc1nn2ccccc2c1N.Cl. The highest BCUT2D eigenvalue weighted by Crippen LogP contribution is 2.24. The van der Waals surface area contributed by atoms with Crippen LogP contribution in [-0.2, 0) is 4.74 Å². The van der Waals surface area contributed by atoms with Gasteiger partial charge in [0.15, 0.2) is 0 Å². The molecule has 0 unspecified atom stereocenters. The number of nitrogens with two attached hydrogens (primary N) is 1. The normalized spacial score (nSPS) is 10.6. The van der Waals surface area contributed by atoms with Crippen LogP contribution in [0.2, 0.25) is 0 Å². The minimum Gasteiger partial charge on any atom is -0.473 e. The molecule has 0 aliphatic heterocycles. The van der Waals surface area contributed by atoms with Gasteiger partial charge in [0.25, 0.3) is 5.88 Å². The van der Waals surface area contributed by atoms with Crippen molar-refractivity contribution < 1.29 is 9.47 Å². The number of fused-ring (bicyclic) bond motifs is 1. The second-order valence-electron chi connectivity index (χ2n) is 4.02. The maximum atomic E-state index is 5.93. The Morgan fingerprint density at radius 2 is 2.11 bits per heavy atom. The lowest BCUT2D eigenvalue weighted by molar-refractivity contribution is 0.0543. The third-order valence-corrected chi connectivity index (χ3v) is 2.32. The van der Waals surface area contributed by atoms with Crippen molar-refractivity contribution in [1.29, 1.82) is 0 Å². The van der Waals surface area contributed by atoms with Gasteiger partial charge in [-0.05, 0) is 26.0 Å². The predicted octanol–water partition coefficient (Wildman–Crippen LogP) is 2.14. The second-order valence-corrected chi connectivity index (χ2v) is 4.02. The number of hydrogen-bond donors (Lipinski definition) is 1. The number of hydrogen-bond acceptors (Lipinski definition) is 4. The molecule has 0 aliphatic carbocycles. The molecule has 0 aromatic carbocycles. The highest BCUT2D eigenvalue weighted by molar-refractivity contribution is 5.85. The zero-order valence-corrected chi connectivity index (χ0v) is 11.3. The summed E-state index contributed by atoms with van der Waals surface area (Å²) >= 11 is 0. The fourth-order valence-corrected chi connectivity index (χ4v) is 1.53. The van der Waals surface area contributed by atoms with Crippen LogP contribution in [-0.4, -0.2) is 28.9 Å². The van der Waals surface area contributed by atoms with Crippen LogP contribution in [0, 0.1) is 0 Å². The van der Waals surface area contributed by atoms with Crippen molar-refractivity contribution in [2.45, 2.75) is 20.0 Å². The fourth-order valence-electron chi connectivity index (χ4n) is 1.53. The maximum Gasteiger partial charge on any atom is 0.257 e. The van der Waals surface area contributed by atoms with Crippen molar-refractivity contribution in [1.82, 2.24) is 9.61 Å². The minimum atomic E-state index is 0. The van der Waals surface area contributed by atoms with Gasteiger partial charge >= 0.3 is 0 Å². The first-order valence-corrected chi connectivity index (χ1v) is 5.65. The molecule has 0 radical (unpaired) electrons. The maximum absolute atomic E-state index is 5.93. The van der Waals surface area contributed by atoms with Crippen LogP contribution in [0.15, 0.2) is 24.4 Å². The third-order valence-electron chi connectivity index (χ3n) is 2.32. The summed E-state index contributed by atoms with van der Waals surface area (Å²) in [7, 11) is 0. The molecule has 0 saturated heterocycles. The van der Waals surface area contributed by atoms with Crippen LogP contribution < -0.4 is 10.5 Å². The predicted molar refractivity (Wildman–Crippen MR) is 73.4 cm³/mol.